The number of benzene rings is 2. The van der Waals surface area contributed by atoms with Crippen molar-refractivity contribution in [1.29, 1.82) is 0 Å². The van der Waals surface area contributed by atoms with Crippen LogP contribution in [0.5, 0.6) is 11.5 Å². The van der Waals surface area contributed by atoms with E-state index in [1.54, 1.807) is 28.8 Å². The van der Waals surface area contributed by atoms with Crippen LogP contribution >= 0.6 is 11.8 Å². The fraction of sp³-hybridized carbons (Fsp3) is 0.200. The lowest BCUT2D eigenvalue weighted by atomic mass is 10.2. The van der Waals surface area contributed by atoms with Crippen LogP contribution in [0.15, 0.2) is 59.6 Å². The Morgan fingerprint density at radius 1 is 1.12 bits per heavy atom. The zero-order valence-electron chi connectivity index (χ0n) is 14.1. The van der Waals surface area contributed by atoms with Crippen molar-refractivity contribution >= 4 is 34.6 Å². The molecule has 0 bridgehead atoms. The predicted octanol–water partition coefficient (Wildman–Crippen LogP) is 4.08. The molecule has 0 saturated carbocycles. The van der Waals surface area contributed by atoms with E-state index in [9.17, 15) is 4.79 Å². The van der Waals surface area contributed by atoms with Crippen LogP contribution in [0, 0.1) is 0 Å². The van der Waals surface area contributed by atoms with Gasteiger partial charge in [0, 0.05) is 18.4 Å². The van der Waals surface area contributed by atoms with Crippen molar-refractivity contribution in [2.24, 2.45) is 4.99 Å². The molecule has 0 radical (unpaired) electrons. The third-order valence-corrected chi connectivity index (χ3v) is 5.11. The van der Waals surface area contributed by atoms with E-state index in [1.165, 1.54) is 0 Å². The fourth-order valence-electron chi connectivity index (χ4n) is 2.74. The molecule has 0 spiro atoms. The molecule has 132 valence electrons. The molecular weight excluding hydrogens is 348 g/mol. The van der Waals surface area contributed by atoms with Crippen molar-refractivity contribution in [3.05, 3.63) is 60.2 Å². The number of carbonyl (C=O) groups is 1. The number of ether oxygens (including phenoxy) is 2. The number of para-hydroxylation sites is 1. The van der Waals surface area contributed by atoms with E-state index in [0.29, 0.717) is 12.3 Å². The van der Waals surface area contributed by atoms with Gasteiger partial charge in [-0.1, -0.05) is 36.0 Å². The van der Waals surface area contributed by atoms with Crippen molar-refractivity contribution in [2.45, 2.75) is 6.42 Å². The first kappa shape index (κ1) is 16.7. The summed E-state index contributed by atoms with van der Waals surface area (Å²) in [5.74, 6) is 2.35. The number of nitrogens with zero attached hydrogens (tertiary/aromatic N) is 2. The summed E-state index contributed by atoms with van der Waals surface area (Å²) in [7, 11) is 0. The first-order valence-corrected chi connectivity index (χ1v) is 9.44. The molecule has 2 aliphatic heterocycles. The molecular formula is C20H18N2O3S. The predicted molar refractivity (Wildman–Crippen MR) is 104 cm³/mol. The second kappa shape index (κ2) is 7.66. The second-order valence-corrected chi connectivity index (χ2v) is 6.93. The van der Waals surface area contributed by atoms with Crippen LogP contribution in [0.25, 0.3) is 6.08 Å². The van der Waals surface area contributed by atoms with Gasteiger partial charge in [0.1, 0.15) is 0 Å². The van der Waals surface area contributed by atoms with Gasteiger partial charge in [-0.15, -0.1) is 0 Å². The first-order chi connectivity index (χ1) is 12.8. The van der Waals surface area contributed by atoms with E-state index in [-0.39, 0.29) is 12.7 Å². The third-order valence-electron chi connectivity index (χ3n) is 4.05. The lowest BCUT2D eigenvalue weighted by molar-refractivity contribution is -0.122. The number of amides is 1. The van der Waals surface area contributed by atoms with Gasteiger partial charge in [-0.25, -0.2) is 4.99 Å². The monoisotopic (exact) mass is 366 g/mol. The molecule has 5 nitrogen and oxygen atoms in total. The smallest absolute Gasteiger partial charge is 0.252 e. The van der Waals surface area contributed by atoms with Gasteiger partial charge >= 0.3 is 0 Å². The van der Waals surface area contributed by atoms with Gasteiger partial charge in [-0.2, -0.15) is 0 Å². The molecule has 0 unspecified atom stereocenters. The molecule has 0 N–H and O–H groups in total. The topological polar surface area (TPSA) is 51.1 Å². The Labute approximate surface area is 156 Å². The lowest BCUT2D eigenvalue weighted by Gasteiger charge is -2.26. The number of amidine groups is 1. The van der Waals surface area contributed by atoms with Crippen molar-refractivity contribution < 1.29 is 14.3 Å². The Balaban J connectivity index is 1.51. The summed E-state index contributed by atoms with van der Waals surface area (Å²) < 4.78 is 10.7. The number of thioether (sulfide) groups is 1. The summed E-state index contributed by atoms with van der Waals surface area (Å²) >= 11 is 1.62. The summed E-state index contributed by atoms with van der Waals surface area (Å²) in [4.78, 5) is 19.1. The molecule has 0 aliphatic carbocycles. The molecule has 0 aromatic heterocycles. The molecule has 0 atom stereocenters. The van der Waals surface area contributed by atoms with E-state index in [1.807, 2.05) is 48.5 Å². The van der Waals surface area contributed by atoms with E-state index < -0.39 is 0 Å². The van der Waals surface area contributed by atoms with Crippen molar-refractivity contribution in [1.82, 2.24) is 4.90 Å². The Morgan fingerprint density at radius 3 is 2.85 bits per heavy atom. The van der Waals surface area contributed by atoms with Crippen LogP contribution in [-0.2, 0) is 4.79 Å². The maximum Gasteiger partial charge on any atom is 0.252 e. The van der Waals surface area contributed by atoms with Crippen LogP contribution in [0.3, 0.4) is 0 Å². The van der Waals surface area contributed by atoms with Gasteiger partial charge in [0.15, 0.2) is 16.7 Å². The van der Waals surface area contributed by atoms with Crippen LogP contribution in [-0.4, -0.2) is 35.1 Å². The average Bonchev–Trinajstić information content (AvgIpc) is 3.15. The molecule has 1 saturated heterocycles. The summed E-state index contributed by atoms with van der Waals surface area (Å²) in [6.45, 7) is 0.925. The van der Waals surface area contributed by atoms with Crippen molar-refractivity contribution in [2.75, 3.05) is 19.1 Å². The van der Waals surface area contributed by atoms with Gasteiger partial charge in [-0.05, 0) is 42.3 Å². The average molecular weight is 366 g/mol. The first-order valence-electron chi connectivity index (χ1n) is 8.45. The number of rotatable bonds is 3. The molecule has 1 fully saturated rings. The third kappa shape index (κ3) is 3.75. The minimum Gasteiger partial charge on any atom is -0.454 e. The molecule has 4 rings (SSSR count). The lowest BCUT2D eigenvalue weighted by Crippen LogP contribution is -2.38. The molecule has 2 aliphatic rings. The number of carbonyl (C=O) groups excluding carboxylic acids is 1. The molecule has 2 aromatic carbocycles. The van der Waals surface area contributed by atoms with Crippen LogP contribution in [0.4, 0.5) is 5.69 Å². The van der Waals surface area contributed by atoms with E-state index in [4.69, 9.17) is 9.47 Å². The zero-order chi connectivity index (χ0) is 17.8. The molecule has 1 amide bonds. The highest BCUT2D eigenvalue weighted by Crippen LogP contribution is 2.32. The highest BCUT2D eigenvalue weighted by atomic mass is 32.2. The van der Waals surface area contributed by atoms with Crippen molar-refractivity contribution in [3.63, 3.8) is 0 Å². The highest BCUT2D eigenvalue weighted by Gasteiger charge is 2.22. The summed E-state index contributed by atoms with van der Waals surface area (Å²) in [6, 6.07) is 15.3. The summed E-state index contributed by atoms with van der Waals surface area (Å²) in [6.07, 6.45) is 4.34. The Bertz CT molecular complexity index is 865. The van der Waals surface area contributed by atoms with E-state index in [0.717, 1.165) is 34.3 Å². The molecule has 2 aromatic rings. The largest absolute Gasteiger partial charge is 0.454 e. The Kier molecular flexibility index (Phi) is 4.93. The zero-order valence-corrected chi connectivity index (χ0v) is 14.9. The van der Waals surface area contributed by atoms with Crippen LogP contribution in [0.2, 0.25) is 0 Å². The number of aliphatic imine (C=N–C) groups is 1. The van der Waals surface area contributed by atoms with E-state index >= 15 is 0 Å². The maximum absolute atomic E-state index is 12.7. The summed E-state index contributed by atoms with van der Waals surface area (Å²) in [5.41, 5.74) is 1.75. The normalized spacial score (nSPS) is 17.8. The fourth-order valence-corrected chi connectivity index (χ4v) is 3.71. The molecule has 26 heavy (non-hydrogen) atoms. The second-order valence-electron chi connectivity index (χ2n) is 5.87. The Hall–Kier alpha value is -2.73. The standard InChI is InChI=1S/C20H18N2O3S/c23-19(10-8-15-7-9-17-18(13-15)25-14-24-17)22-11-4-12-26-20(22)21-16-5-2-1-3-6-16/h1-3,5-10,13H,4,11-12,14H2/b10-8+,21-20?. The quantitative estimate of drug-likeness (QED) is 0.768. The van der Waals surface area contributed by atoms with Crippen molar-refractivity contribution in [3.8, 4) is 11.5 Å². The molecule has 2 heterocycles. The SMILES string of the molecule is O=C(/C=C/c1ccc2c(c1)OCO2)N1CCCSC1=Nc1ccccc1. The minimum atomic E-state index is -0.0652. The van der Waals surface area contributed by atoms with Crippen LogP contribution < -0.4 is 9.47 Å². The maximum atomic E-state index is 12.7. The Morgan fingerprint density at radius 2 is 1.96 bits per heavy atom. The van der Waals surface area contributed by atoms with Gasteiger partial charge in [0.2, 0.25) is 6.79 Å². The van der Waals surface area contributed by atoms with Gasteiger partial charge in [0.05, 0.1) is 5.69 Å². The van der Waals surface area contributed by atoms with Gasteiger partial charge in [-0.3, -0.25) is 9.69 Å². The van der Waals surface area contributed by atoms with Gasteiger partial charge < -0.3 is 9.47 Å². The van der Waals surface area contributed by atoms with Crippen LogP contribution in [0.1, 0.15) is 12.0 Å². The highest BCUT2D eigenvalue weighted by molar-refractivity contribution is 8.13. The van der Waals surface area contributed by atoms with E-state index in [2.05, 4.69) is 4.99 Å². The summed E-state index contributed by atoms with van der Waals surface area (Å²) in [5, 5.41) is 0.753. The number of hydrogen-bond acceptors (Lipinski definition) is 5. The minimum absolute atomic E-state index is 0.0652. The number of fused-ring (bicyclic) bond motifs is 1. The van der Waals surface area contributed by atoms with Gasteiger partial charge in [0.25, 0.3) is 5.91 Å². The number of hydrogen-bond donors (Lipinski definition) is 0. The molecule has 6 heteroatoms.